The van der Waals surface area contributed by atoms with Crippen LogP contribution in [0.1, 0.15) is 5.56 Å². The average Bonchev–Trinajstić information content (AvgIpc) is 2.70. The number of nitrogens with one attached hydrogen (secondary N) is 2. The summed E-state index contributed by atoms with van der Waals surface area (Å²) in [6.07, 6.45) is 0. The molecule has 4 nitrogen and oxygen atoms in total. The van der Waals surface area contributed by atoms with Crippen molar-refractivity contribution in [2.75, 3.05) is 10.6 Å². The molecule has 0 aliphatic rings. The van der Waals surface area contributed by atoms with E-state index in [9.17, 15) is 4.79 Å². The lowest BCUT2D eigenvalue weighted by atomic mass is 10.2. The highest BCUT2D eigenvalue weighted by Gasteiger charge is 2.08. The maximum absolute atomic E-state index is 11.7. The Morgan fingerprint density at radius 1 is 1.28 bits per heavy atom. The summed E-state index contributed by atoms with van der Waals surface area (Å²) in [5.74, 6) is 0.360. The molecule has 0 bridgehead atoms. The molecule has 0 saturated heterocycles. The minimum absolute atomic E-state index is 0.360. The maximum atomic E-state index is 11.7. The monoisotopic (exact) mass is 328 g/mol. The first kappa shape index (κ1) is 13.0. The SMILES string of the molecule is Cc1c(Cl)cccc1NC(=O)Nc1ccc(Br)o1. The van der Waals surface area contributed by atoms with Crippen molar-refractivity contribution < 1.29 is 9.21 Å². The van der Waals surface area contributed by atoms with Crippen LogP contribution >= 0.6 is 27.5 Å². The first-order chi connectivity index (χ1) is 8.56. The molecule has 2 N–H and O–H groups in total. The number of furan rings is 1. The van der Waals surface area contributed by atoms with Gasteiger partial charge in [0.25, 0.3) is 0 Å². The van der Waals surface area contributed by atoms with E-state index in [1.54, 1.807) is 30.3 Å². The van der Waals surface area contributed by atoms with E-state index in [2.05, 4.69) is 26.6 Å². The zero-order valence-corrected chi connectivity index (χ0v) is 11.8. The van der Waals surface area contributed by atoms with Crippen molar-refractivity contribution in [1.29, 1.82) is 0 Å². The standard InChI is InChI=1S/C12H10BrClN2O2/c1-7-8(14)3-2-4-9(7)15-12(17)16-11-6-5-10(13)18-11/h2-6H,1H3,(H2,15,16,17). The van der Waals surface area contributed by atoms with Crippen LogP contribution in [0.3, 0.4) is 0 Å². The van der Waals surface area contributed by atoms with E-state index < -0.39 is 0 Å². The fourth-order valence-corrected chi connectivity index (χ4v) is 1.87. The van der Waals surface area contributed by atoms with Gasteiger partial charge in [0, 0.05) is 16.8 Å². The summed E-state index contributed by atoms with van der Waals surface area (Å²) in [6.45, 7) is 1.83. The molecule has 94 valence electrons. The number of carbonyl (C=O) groups is 1. The Bertz CT molecular complexity index is 583. The Morgan fingerprint density at radius 3 is 2.72 bits per heavy atom. The molecule has 1 heterocycles. The van der Waals surface area contributed by atoms with Gasteiger partial charge in [0.2, 0.25) is 5.88 Å². The number of urea groups is 1. The Labute approximate surface area is 117 Å². The number of hydrogen-bond donors (Lipinski definition) is 2. The van der Waals surface area contributed by atoms with Crippen molar-refractivity contribution in [3.05, 3.63) is 45.6 Å². The molecule has 18 heavy (non-hydrogen) atoms. The Hall–Kier alpha value is -1.46. The summed E-state index contributed by atoms with van der Waals surface area (Å²) in [6, 6.07) is 8.27. The highest BCUT2D eigenvalue weighted by atomic mass is 79.9. The van der Waals surface area contributed by atoms with E-state index in [1.165, 1.54) is 0 Å². The first-order valence-corrected chi connectivity index (χ1v) is 6.32. The molecule has 0 saturated carbocycles. The van der Waals surface area contributed by atoms with Gasteiger partial charge in [-0.3, -0.25) is 5.32 Å². The fourth-order valence-electron chi connectivity index (χ4n) is 1.39. The van der Waals surface area contributed by atoms with Crippen molar-refractivity contribution in [2.45, 2.75) is 6.92 Å². The van der Waals surface area contributed by atoms with Gasteiger partial charge in [-0.2, -0.15) is 0 Å². The van der Waals surface area contributed by atoms with Gasteiger partial charge in [0.15, 0.2) is 4.67 Å². The third-order valence-corrected chi connectivity index (χ3v) is 3.16. The lowest BCUT2D eigenvalue weighted by Crippen LogP contribution is -2.19. The molecule has 0 atom stereocenters. The molecule has 0 spiro atoms. The van der Waals surface area contributed by atoms with Crippen LogP contribution in [0, 0.1) is 6.92 Å². The molecule has 0 unspecified atom stereocenters. The van der Waals surface area contributed by atoms with Gasteiger partial charge >= 0.3 is 6.03 Å². The molecule has 1 aromatic carbocycles. The summed E-state index contributed by atoms with van der Waals surface area (Å²) in [7, 11) is 0. The molecular formula is C12H10BrClN2O2. The van der Waals surface area contributed by atoms with Gasteiger partial charge in [-0.1, -0.05) is 17.7 Å². The highest BCUT2D eigenvalue weighted by Crippen LogP contribution is 2.23. The zero-order valence-electron chi connectivity index (χ0n) is 9.46. The number of halogens is 2. The van der Waals surface area contributed by atoms with Gasteiger partial charge in [0.1, 0.15) is 0 Å². The number of anilines is 2. The number of rotatable bonds is 2. The maximum Gasteiger partial charge on any atom is 0.326 e. The largest absolute Gasteiger partial charge is 0.434 e. The summed E-state index contributed by atoms with van der Waals surface area (Å²) in [5.41, 5.74) is 1.47. The second-order valence-corrected chi connectivity index (χ2v) is 4.78. The normalized spacial score (nSPS) is 10.2. The van der Waals surface area contributed by atoms with Crippen molar-refractivity contribution in [3.8, 4) is 0 Å². The molecule has 0 radical (unpaired) electrons. The van der Waals surface area contributed by atoms with E-state index in [-0.39, 0.29) is 6.03 Å². The lowest BCUT2D eigenvalue weighted by molar-refractivity contribution is 0.261. The first-order valence-electron chi connectivity index (χ1n) is 5.15. The Morgan fingerprint density at radius 2 is 2.06 bits per heavy atom. The van der Waals surface area contributed by atoms with Crippen molar-refractivity contribution in [3.63, 3.8) is 0 Å². The van der Waals surface area contributed by atoms with E-state index in [0.29, 0.717) is 21.3 Å². The molecule has 0 aliphatic heterocycles. The Kier molecular flexibility index (Phi) is 3.93. The number of hydrogen-bond acceptors (Lipinski definition) is 2. The molecule has 2 amide bonds. The van der Waals surface area contributed by atoms with E-state index in [1.807, 2.05) is 6.92 Å². The van der Waals surface area contributed by atoms with Crippen LogP contribution in [0.15, 0.2) is 39.4 Å². The smallest absolute Gasteiger partial charge is 0.326 e. The molecule has 1 aromatic heterocycles. The van der Waals surface area contributed by atoms with Gasteiger partial charge in [-0.15, -0.1) is 0 Å². The lowest BCUT2D eigenvalue weighted by Gasteiger charge is -2.09. The predicted molar refractivity (Wildman–Crippen MR) is 75.2 cm³/mol. The Balaban J connectivity index is 2.05. The van der Waals surface area contributed by atoms with Crippen LogP contribution in [0.25, 0.3) is 0 Å². The second-order valence-electron chi connectivity index (χ2n) is 3.60. The second kappa shape index (κ2) is 5.46. The molecule has 2 rings (SSSR count). The topological polar surface area (TPSA) is 54.3 Å². The van der Waals surface area contributed by atoms with Gasteiger partial charge < -0.3 is 9.73 Å². The molecule has 6 heteroatoms. The van der Waals surface area contributed by atoms with E-state index in [4.69, 9.17) is 16.0 Å². The number of amides is 2. The summed E-state index contributed by atoms with van der Waals surface area (Å²) >= 11 is 9.12. The molecule has 0 aliphatic carbocycles. The quantitative estimate of drug-likeness (QED) is 0.842. The van der Waals surface area contributed by atoms with E-state index in [0.717, 1.165) is 5.56 Å². The van der Waals surface area contributed by atoms with E-state index >= 15 is 0 Å². The minimum Gasteiger partial charge on any atom is -0.434 e. The van der Waals surface area contributed by atoms with Crippen molar-refractivity contribution >= 4 is 45.1 Å². The summed E-state index contributed by atoms with van der Waals surface area (Å²) in [5, 5.41) is 5.87. The van der Waals surface area contributed by atoms with Crippen LogP contribution in [0.5, 0.6) is 0 Å². The van der Waals surface area contributed by atoms with Gasteiger partial charge in [0.05, 0.1) is 0 Å². The molecule has 0 fully saturated rings. The third kappa shape index (κ3) is 3.05. The van der Waals surface area contributed by atoms with Gasteiger partial charge in [-0.05, 0) is 46.6 Å². The predicted octanol–water partition coefficient (Wildman–Crippen LogP) is 4.65. The van der Waals surface area contributed by atoms with Crippen molar-refractivity contribution in [2.24, 2.45) is 0 Å². The van der Waals surface area contributed by atoms with Crippen LogP contribution in [0.4, 0.5) is 16.4 Å². The van der Waals surface area contributed by atoms with Crippen LogP contribution in [-0.4, -0.2) is 6.03 Å². The molecule has 2 aromatic rings. The summed E-state index contributed by atoms with van der Waals surface area (Å²) in [4.78, 5) is 11.7. The van der Waals surface area contributed by atoms with Crippen LogP contribution in [-0.2, 0) is 0 Å². The van der Waals surface area contributed by atoms with Crippen LogP contribution < -0.4 is 10.6 Å². The third-order valence-electron chi connectivity index (χ3n) is 2.33. The number of carbonyl (C=O) groups excluding carboxylic acids is 1. The zero-order chi connectivity index (χ0) is 13.1. The molecular weight excluding hydrogens is 320 g/mol. The fraction of sp³-hybridized carbons (Fsp3) is 0.0833. The summed E-state index contributed by atoms with van der Waals surface area (Å²) < 4.78 is 5.72. The van der Waals surface area contributed by atoms with Crippen LogP contribution in [0.2, 0.25) is 5.02 Å². The highest BCUT2D eigenvalue weighted by molar-refractivity contribution is 9.10. The average molecular weight is 330 g/mol. The number of benzene rings is 1. The van der Waals surface area contributed by atoms with Crippen molar-refractivity contribution in [1.82, 2.24) is 0 Å². The van der Waals surface area contributed by atoms with Gasteiger partial charge in [-0.25, -0.2) is 4.79 Å². The minimum atomic E-state index is -0.387.